The Morgan fingerprint density at radius 2 is 2.04 bits per heavy atom. The van der Waals surface area contributed by atoms with E-state index in [1.54, 1.807) is 19.1 Å². The second kappa shape index (κ2) is 8.50. The van der Waals surface area contributed by atoms with Gasteiger partial charge in [0.1, 0.15) is 5.03 Å². The number of carbonyl (C=O) groups excluding carboxylic acids is 2. The minimum absolute atomic E-state index is 0.0123. The highest BCUT2D eigenvalue weighted by Gasteiger charge is 2.31. The second-order valence-electron chi connectivity index (χ2n) is 6.41. The van der Waals surface area contributed by atoms with Crippen LogP contribution in [-0.2, 0) is 9.59 Å². The number of hydrogen-bond donors (Lipinski definition) is 3. The van der Waals surface area contributed by atoms with Gasteiger partial charge in [-0.15, -0.1) is 0 Å². The van der Waals surface area contributed by atoms with Crippen molar-refractivity contribution in [3.8, 4) is 0 Å². The number of amides is 2. The molecule has 2 atom stereocenters. The molecule has 0 saturated carbocycles. The van der Waals surface area contributed by atoms with Crippen LogP contribution in [0.5, 0.6) is 0 Å². The fourth-order valence-corrected chi connectivity index (χ4v) is 3.49. The van der Waals surface area contributed by atoms with Gasteiger partial charge >= 0.3 is 5.97 Å². The lowest BCUT2D eigenvalue weighted by Crippen LogP contribution is -2.46. The number of carboxylic acids is 1. The summed E-state index contributed by atoms with van der Waals surface area (Å²) in [5.41, 5.74) is -1.83. The molecule has 0 bridgehead atoms. The molecule has 0 spiro atoms. The average Bonchev–Trinajstić information content (AvgIpc) is 3.14. The number of aliphatic carboxylic acids is 1. The molecule has 2 rings (SSSR count). The van der Waals surface area contributed by atoms with Crippen LogP contribution in [0.2, 0.25) is 0 Å². The Kier molecular flexibility index (Phi) is 6.60. The third-order valence-corrected chi connectivity index (χ3v) is 5.23. The van der Waals surface area contributed by atoms with Crippen molar-refractivity contribution in [2.45, 2.75) is 42.6 Å². The van der Waals surface area contributed by atoms with Gasteiger partial charge in [-0.25, -0.2) is 9.78 Å². The maximum Gasteiger partial charge on any atom is 0.337 e. The second-order valence-corrected chi connectivity index (χ2v) is 7.74. The van der Waals surface area contributed by atoms with Crippen LogP contribution in [0.3, 0.4) is 0 Å². The molecule has 1 aliphatic heterocycles. The molecule has 2 unspecified atom stereocenters. The molecule has 1 saturated heterocycles. The lowest BCUT2D eigenvalue weighted by molar-refractivity contribution is -0.155. The third-order valence-electron chi connectivity index (χ3n) is 4.12. The van der Waals surface area contributed by atoms with Crippen LogP contribution >= 0.6 is 11.8 Å². The van der Waals surface area contributed by atoms with Crippen molar-refractivity contribution < 1.29 is 24.6 Å². The molecule has 1 aliphatic rings. The van der Waals surface area contributed by atoms with Crippen molar-refractivity contribution in [3.63, 3.8) is 0 Å². The SMILES string of the molecule is CC(Sc1ncccc1C(=O)NCC(C)(O)C(=O)O)C(=O)N1CCCC1. The molecule has 0 aromatic carbocycles. The Hall–Kier alpha value is -2.13. The van der Waals surface area contributed by atoms with Gasteiger partial charge in [-0.2, -0.15) is 0 Å². The van der Waals surface area contributed by atoms with Crippen LogP contribution in [0, 0.1) is 0 Å². The van der Waals surface area contributed by atoms with E-state index in [9.17, 15) is 19.5 Å². The molecule has 2 heterocycles. The molecule has 1 fully saturated rings. The molecule has 142 valence electrons. The van der Waals surface area contributed by atoms with Crippen LogP contribution in [0.1, 0.15) is 37.0 Å². The van der Waals surface area contributed by atoms with Crippen LogP contribution in [0.25, 0.3) is 0 Å². The highest BCUT2D eigenvalue weighted by atomic mass is 32.2. The van der Waals surface area contributed by atoms with Crippen LogP contribution in [0.4, 0.5) is 0 Å². The van der Waals surface area contributed by atoms with Gasteiger partial charge in [-0.3, -0.25) is 9.59 Å². The predicted molar refractivity (Wildman–Crippen MR) is 96.0 cm³/mol. The molecule has 8 nitrogen and oxygen atoms in total. The first-order chi connectivity index (χ1) is 12.2. The Morgan fingerprint density at radius 1 is 1.38 bits per heavy atom. The monoisotopic (exact) mass is 381 g/mol. The summed E-state index contributed by atoms with van der Waals surface area (Å²) in [5.74, 6) is -1.97. The van der Waals surface area contributed by atoms with E-state index in [0.717, 1.165) is 32.9 Å². The van der Waals surface area contributed by atoms with Crippen molar-refractivity contribution in [1.29, 1.82) is 0 Å². The van der Waals surface area contributed by atoms with Crippen molar-refractivity contribution in [1.82, 2.24) is 15.2 Å². The number of aliphatic hydroxyl groups is 1. The fraction of sp³-hybridized carbons (Fsp3) is 0.529. The molecule has 26 heavy (non-hydrogen) atoms. The first-order valence-electron chi connectivity index (χ1n) is 8.37. The van der Waals surface area contributed by atoms with E-state index in [-0.39, 0.29) is 11.5 Å². The Balaban J connectivity index is 2.05. The normalized spacial score (nSPS) is 17.4. The Morgan fingerprint density at radius 3 is 2.65 bits per heavy atom. The van der Waals surface area contributed by atoms with Gasteiger partial charge in [0.25, 0.3) is 5.91 Å². The highest BCUT2D eigenvalue weighted by molar-refractivity contribution is 8.00. The minimum atomic E-state index is -2.07. The molecule has 0 aliphatic carbocycles. The summed E-state index contributed by atoms with van der Waals surface area (Å²) in [7, 11) is 0. The summed E-state index contributed by atoms with van der Waals surface area (Å²) in [6.07, 6.45) is 3.54. The zero-order valence-corrected chi connectivity index (χ0v) is 15.6. The standard InChI is InChI=1S/C17H23N3O5S/c1-11(15(22)20-8-3-4-9-20)26-14-12(6-5-7-18-14)13(21)19-10-17(2,25)16(23)24/h5-7,11,25H,3-4,8-10H2,1-2H3,(H,19,21)(H,23,24). The summed E-state index contributed by atoms with van der Waals surface area (Å²) in [6.45, 7) is 3.94. The zero-order chi connectivity index (χ0) is 19.3. The van der Waals surface area contributed by atoms with Crippen molar-refractivity contribution >= 4 is 29.5 Å². The topological polar surface area (TPSA) is 120 Å². The average molecular weight is 381 g/mol. The van der Waals surface area contributed by atoms with Crippen molar-refractivity contribution in [2.24, 2.45) is 0 Å². The zero-order valence-electron chi connectivity index (χ0n) is 14.8. The molecular formula is C17H23N3O5S. The number of carbonyl (C=O) groups is 3. The van der Waals surface area contributed by atoms with Crippen LogP contribution in [-0.4, -0.2) is 68.4 Å². The fourth-order valence-electron chi connectivity index (χ4n) is 2.49. The smallest absolute Gasteiger partial charge is 0.337 e. The van der Waals surface area contributed by atoms with Crippen molar-refractivity contribution in [3.05, 3.63) is 23.9 Å². The molecule has 1 aromatic rings. The predicted octanol–water partition coefficient (Wildman–Crippen LogP) is 0.750. The lowest BCUT2D eigenvalue weighted by atomic mass is 10.1. The molecule has 9 heteroatoms. The summed E-state index contributed by atoms with van der Waals surface area (Å²) >= 11 is 1.19. The Bertz CT molecular complexity index is 689. The van der Waals surface area contributed by atoms with Gasteiger partial charge in [0.15, 0.2) is 5.60 Å². The van der Waals surface area contributed by atoms with E-state index in [1.165, 1.54) is 18.0 Å². The van der Waals surface area contributed by atoms with Crippen molar-refractivity contribution in [2.75, 3.05) is 19.6 Å². The number of hydrogen-bond acceptors (Lipinski definition) is 6. The quantitative estimate of drug-likeness (QED) is 0.596. The molecule has 0 radical (unpaired) electrons. The summed E-state index contributed by atoms with van der Waals surface area (Å²) in [6, 6.07) is 3.13. The number of pyridine rings is 1. The van der Waals surface area contributed by atoms with E-state index >= 15 is 0 Å². The lowest BCUT2D eigenvalue weighted by Gasteiger charge is -2.21. The van der Waals surface area contributed by atoms with Crippen LogP contribution in [0.15, 0.2) is 23.4 Å². The van der Waals surface area contributed by atoms with Gasteiger partial charge in [0.05, 0.1) is 17.4 Å². The van der Waals surface area contributed by atoms with Crippen LogP contribution < -0.4 is 5.32 Å². The Labute approximate surface area is 156 Å². The maximum atomic E-state index is 12.4. The molecule has 3 N–H and O–H groups in total. The van der Waals surface area contributed by atoms with E-state index < -0.39 is 29.3 Å². The first-order valence-corrected chi connectivity index (χ1v) is 9.25. The number of thioether (sulfide) groups is 1. The van der Waals surface area contributed by atoms with Gasteiger partial charge in [0, 0.05) is 19.3 Å². The third kappa shape index (κ3) is 4.95. The van der Waals surface area contributed by atoms with Gasteiger partial charge in [-0.1, -0.05) is 11.8 Å². The van der Waals surface area contributed by atoms with E-state index in [0.29, 0.717) is 5.03 Å². The van der Waals surface area contributed by atoms with Gasteiger partial charge in [0.2, 0.25) is 5.91 Å². The largest absolute Gasteiger partial charge is 0.479 e. The van der Waals surface area contributed by atoms with Gasteiger partial charge < -0.3 is 20.4 Å². The number of nitrogens with zero attached hydrogens (tertiary/aromatic N) is 2. The summed E-state index contributed by atoms with van der Waals surface area (Å²) < 4.78 is 0. The minimum Gasteiger partial charge on any atom is -0.479 e. The number of nitrogens with one attached hydrogen (secondary N) is 1. The van der Waals surface area contributed by atoms with Gasteiger partial charge in [-0.05, 0) is 38.8 Å². The number of likely N-dealkylation sites (tertiary alicyclic amines) is 1. The number of aromatic nitrogens is 1. The summed E-state index contributed by atoms with van der Waals surface area (Å²) in [4.78, 5) is 41.7. The van der Waals surface area contributed by atoms with E-state index in [1.807, 2.05) is 4.90 Å². The maximum absolute atomic E-state index is 12.4. The molecule has 1 aromatic heterocycles. The first kappa shape index (κ1) is 20.2. The summed E-state index contributed by atoms with van der Waals surface area (Å²) in [5, 5.41) is 21.0. The van der Waals surface area contributed by atoms with E-state index in [4.69, 9.17) is 5.11 Å². The number of carboxylic acid groups (broad SMARTS) is 1. The number of rotatable bonds is 7. The van der Waals surface area contributed by atoms with E-state index in [2.05, 4.69) is 10.3 Å². The highest BCUT2D eigenvalue weighted by Crippen LogP contribution is 2.27. The molecule has 2 amide bonds. The molecular weight excluding hydrogens is 358 g/mol.